The van der Waals surface area contributed by atoms with Crippen LogP contribution in [0.15, 0.2) is 12.1 Å². The average molecular weight is 220 g/mol. The Kier molecular flexibility index (Phi) is 2.98. The first-order valence-corrected chi connectivity index (χ1v) is 5.24. The Hall–Kier alpha value is -1.33. The van der Waals surface area contributed by atoms with Gasteiger partial charge >= 0.3 is 7.12 Å². The molecule has 0 atom stereocenters. The minimum absolute atomic E-state index is 0.0387. The standard InChI is InChI=1S/C11H13BO4/c1-16-10-6-5-8(12(14)15)11-7(10)3-2-4-9(11)13/h5-6,14-15H,2-4H2,1H3. The zero-order valence-corrected chi connectivity index (χ0v) is 9.06. The molecule has 0 radical (unpaired) electrons. The van der Waals surface area contributed by atoms with E-state index in [0.717, 1.165) is 18.4 Å². The molecule has 0 saturated carbocycles. The van der Waals surface area contributed by atoms with Crippen LogP contribution in [0.2, 0.25) is 0 Å². The maximum atomic E-state index is 11.8. The van der Waals surface area contributed by atoms with E-state index in [4.69, 9.17) is 4.74 Å². The number of Topliss-reactive ketones (excluding diaryl/α,β-unsaturated/α-hetero) is 1. The van der Waals surface area contributed by atoms with E-state index >= 15 is 0 Å². The number of ketones is 1. The minimum Gasteiger partial charge on any atom is -0.496 e. The molecule has 0 aromatic heterocycles. The van der Waals surface area contributed by atoms with Gasteiger partial charge in [-0.2, -0.15) is 0 Å². The van der Waals surface area contributed by atoms with Crippen molar-refractivity contribution in [3.8, 4) is 5.75 Å². The number of hydrogen-bond donors (Lipinski definition) is 2. The van der Waals surface area contributed by atoms with E-state index in [2.05, 4.69) is 0 Å². The number of carbonyl (C=O) groups excluding carboxylic acids is 1. The normalized spacial score (nSPS) is 14.6. The maximum Gasteiger partial charge on any atom is 0.489 e. The molecular weight excluding hydrogens is 207 g/mol. The van der Waals surface area contributed by atoms with E-state index in [0.29, 0.717) is 17.7 Å². The Morgan fingerprint density at radius 2 is 2.06 bits per heavy atom. The quantitative estimate of drug-likeness (QED) is 0.682. The van der Waals surface area contributed by atoms with E-state index in [9.17, 15) is 14.8 Å². The van der Waals surface area contributed by atoms with Crippen molar-refractivity contribution < 1.29 is 19.6 Å². The number of benzene rings is 1. The second-order valence-corrected chi connectivity index (χ2v) is 3.86. The maximum absolute atomic E-state index is 11.8. The molecule has 1 aliphatic carbocycles. The van der Waals surface area contributed by atoms with Crippen molar-refractivity contribution in [1.82, 2.24) is 0 Å². The number of carbonyl (C=O) groups is 1. The number of hydrogen-bond acceptors (Lipinski definition) is 4. The van der Waals surface area contributed by atoms with Crippen molar-refractivity contribution in [2.24, 2.45) is 0 Å². The van der Waals surface area contributed by atoms with Crippen LogP contribution in [0.5, 0.6) is 5.75 Å². The molecule has 16 heavy (non-hydrogen) atoms. The fourth-order valence-electron chi connectivity index (χ4n) is 2.18. The van der Waals surface area contributed by atoms with Gasteiger partial charge in [0.1, 0.15) is 5.75 Å². The molecule has 84 valence electrons. The number of methoxy groups -OCH3 is 1. The van der Waals surface area contributed by atoms with Gasteiger partial charge < -0.3 is 14.8 Å². The smallest absolute Gasteiger partial charge is 0.489 e. The Balaban J connectivity index is 2.64. The summed E-state index contributed by atoms with van der Waals surface area (Å²) in [5, 5.41) is 18.4. The Morgan fingerprint density at radius 1 is 1.31 bits per heavy atom. The van der Waals surface area contributed by atoms with Crippen molar-refractivity contribution in [1.29, 1.82) is 0 Å². The molecule has 1 aromatic carbocycles. The molecule has 1 aliphatic rings. The van der Waals surface area contributed by atoms with E-state index in [1.165, 1.54) is 6.07 Å². The minimum atomic E-state index is -1.61. The second-order valence-electron chi connectivity index (χ2n) is 3.86. The van der Waals surface area contributed by atoms with Crippen molar-refractivity contribution >= 4 is 18.4 Å². The first kappa shape index (κ1) is 11.2. The highest BCUT2D eigenvalue weighted by Crippen LogP contribution is 2.28. The topological polar surface area (TPSA) is 66.8 Å². The predicted molar refractivity (Wildman–Crippen MR) is 60.1 cm³/mol. The van der Waals surface area contributed by atoms with Gasteiger partial charge in [-0.1, -0.05) is 6.07 Å². The van der Waals surface area contributed by atoms with Crippen LogP contribution >= 0.6 is 0 Å². The first-order valence-electron chi connectivity index (χ1n) is 5.24. The highest BCUT2D eigenvalue weighted by Gasteiger charge is 2.28. The van der Waals surface area contributed by atoms with Gasteiger partial charge in [-0.15, -0.1) is 0 Å². The first-order chi connectivity index (χ1) is 7.65. The Bertz CT molecular complexity index is 428. The molecule has 0 fully saturated rings. The summed E-state index contributed by atoms with van der Waals surface area (Å²) in [5.74, 6) is 0.607. The molecule has 1 aromatic rings. The third-order valence-corrected chi connectivity index (χ3v) is 2.91. The third kappa shape index (κ3) is 1.72. The lowest BCUT2D eigenvalue weighted by molar-refractivity contribution is 0.0972. The third-order valence-electron chi connectivity index (χ3n) is 2.91. The van der Waals surface area contributed by atoms with Gasteiger partial charge in [-0.25, -0.2) is 0 Å². The van der Waals surface area contributed by atoms with Gasteiger partial charge in [0.05, 0.1) is 7.11 Å². The molecule has 0 bridgehead atoms. The van der Waals surface area contributed by atoms with E-state index in [1.807, 2.05) is 0 Å². The van der Waals surface area contributed by atoms with Crippen LogP contribution in [0.3, 0.4) is 0 Å². The van der Waals surface area contributed by atoms with Crippen LogP contribution in [-0.4, -0.2) is 30.1 Å². The van der Waals surface area contributed by atoms with Crippen LogP contribution in [-0.2, 0) is 6.42 Å². The summed E-state index contributed by atoms with van der Waals surface area (Å²) in [6.07, 6.45) is 1.98. The van der Waals surface area contributed by atoms with Gasteiger partial charge in [-0.3, -0.25) is 4.79 Å². The van der Waals surface area contributed by atoms with Crippen LogP contribution in [0.1, 0.15) is 28.8 Å². The lowest BCUT2D eigenvalue weighted by Crippen LogP contribution is -2.37. The molecule has 5 heteroatoms. The van der Waals surface area contributed by atoms with Gasteiger partial charge in [0, 0.05) is 17.5 Å². The van der Waals surface area contributed by atoms with Crippen LogP contribution in [0.4, 0.5) is 0 Å². The van der Waals surface area contributed by atoms with Crippen LogP contribution in [0, 0.1) is 0 Å². The average Bonchev–Trinajstić information content (AvgIpc) is 2.28. The molecule has 0 aliphatic heterocycles. The van der Waals surface area contributed by atoms with Crippen molar-refractivity contribution in [3.05, 3.63) is 23.3 Å². The molecule has 2 rings (SSSR count). The monoisotopic (exact) mass is 220 g/mol. The Morgan fingerprint density at radius 3 is 2.69 bits per heavy atom. The van der Waals surface area contributed by atoms with Crippen LogP contribution in [0.25, 0.3) is 0 Å². The fraction of sp³-hybridized carbons (Fsp3) is 0.364. The molecule has 0 spiro atoms. The molecule has 0 saturated heterocycles. The summed E-state index contributed by atoms with van der Waals surface area (Å²) in [5.41, 5.74) is 1.51. The largest absolute Gasteiger partial charge is 0.496 e. The van der Waals surface area contributed by atoms with Crippen molar-refractivity contribution in [2.45, 2.75) is 19.3 Å². The zero-order chi connectivity index (χ0) is 11.7. The summed E-state index contributed by atoms with van der Waals surface area (Å²) in [7, 11) is -0.0642. The molecule has 2 N–H and O–H groups in total. The van der Waals surface area contributed by atoms with E-state index in [-0.39, 0.29) is 11.2 Å². The van der Waals surface area contributed by atoms with Crippen molar-refractivity contribution in [3.63, 3.8) is 0 Å². The van der Waals surface area contributed by atoms with Gasteiger partial charge in [0.25, 0.3) is 0 Å². The zero-order valence-electron chi connectivity index (χ0n) is 9.06. The van der Waals surface area contributed by atoms with Gasteiger partial charge in [-0.05, 0) is 24.4 Å². The highest BCUT2D eigenvalue weighted by atomic mass is 16.5. The number of fused-ring (bicyclic) bond motifs is 1. The van der Waals surface area contributed by atoms with Crippen LogP contribution < -0.4 is 10.2 Å². The van der Waals surface area contributed by atoms with Crippen molar-refractivity contribution in [2.75, 3.05) is 7.11 Å². The van der Waals surface area contributed by atoms with Gasteiger partial charge in [0.2, 0.25) is 0 Å². The highest BCUT2D eigenvalue weighted by molar-refractivity contribution is 6.60. The summed E-state index contributed by atoms with van der Waals surface area (Å²) in [6.45, 7) is 0. The summed E-state index contributed by atoms with van der Waals surface area (Å²) >= 11 is 0. The number of ether oxygens (including phenoxy) is 1. The molecule has 0 unspecified atom stereocenters. The predicted octanol–water partition coefficient (Wildman–Crippen LogP) is -0.106. The van der Waals surface area contributed by atoms with Gasteiger partial charge in [0.15, 0.2) is 5.78 Å². The van der Waals surface area contributed by atoms with E-state index < -0.39 is 7.12 Å². The molecule has 0 heterocycles. The summed E-state index contributed by atoms with van der Waals surface area (Å²) in [6, 6.07) is 3.21. The summed E-state index contributed by atoms with van der Waals surface area (Å²) in [4.78, 5) is 11.8. The SMILES string of the molecule is COc1ccc(B(O)O)c2c1CCCC2=O. The summed E-state index contributed by atoms with van der Waals surface area (Å²) < 4.78 is 5.18. The Labute approximate surface area is 94.0 Å². The molecular formula is C11H13BO4. The fourth-order valence-corrected chi connectivity index (χ4v) is 2.18. The lowest BCUT2D eigenvalue weighted by Gasteiger charge is -2.20. The number of rotatable bonds is 2. The second kappa shape index (κ2) is 4.27. The molecule has 0 amide bonds. The van der Waals surface area contributed by atoms with E-state index in [1.54, 1.807) is 13.2 Å². The molecule has 4 nitrogen and oxygen atoms in total. The lowest BCUT2D eigenvalue weighted by atomic mass is 9.72.